The van der Waals surface area contributed by atoms with Gasteiger partial charge in [-0.25, -0.2) is 0 Å². The van der Waals surface area contributed by atoms with Crippen molar-refractivity contribution in [3.05, 3.63) is 29.8 Å². The van der Waals surface area contributed by atoms with Gasteiger partial charge in [0, 0.05) is 11.7 Å². The topological polar surface area (TPSA) is 12.0 Å². The summed E-state index contributed by atoms with van der Waals surface area (Å²) >= 11 is 0. The van der Waals surface area contributed by atoms with Crippen molar-refractivity contribution in [1.29, 1.82) is 0 Å². The van der Waals surface area contributed by atoms with Crippen molar-refractivity contribution in [2.24, 2.45) is 11.8 Å². The number of hydrogen-bond acceptors (Lipinski definition) is 1. The van der Waals surface area contributed by atoms with E-state index in [0.29, 0.717) is 17.9 Å². The van der Waals surface area contributed by atoms with Crippen molar-refractivity contribution in [3.63, 3.8) is 0 Å². The maximum absolute atomic E-state index is 3.70. The second-order valence-corrected chi connectivity index (χ2v) is 6.83. The Morgan fingerprint density at radius 2 is 1.50 bits per heavy atom. The SMILES string of the molecule is CC(C)[C@@H](C)C(C)Nc1ccccc1C(C)(C)C. The third kappa shape index (κ3) is 3.76. The molecule has 0 amide bonds. The summed E-state index contributed by atoms with van der Waals surface area (Å²) in [7, 11) is 0. The van der Waals surface area contributed by atoms with Crippen LogP contribution in [0.25, 0.3) is 0 Å². The summed E-state index contributed by atoms with van der Waals surface area (Å²) in [6, 6.07) is 9.17. The Bertz CT molecular complexity index is 373. The standard InChI is InChI=1S/C17H29N/c1-12(2)13(3)14(4)18-16-11-9-8-10-15(16)17(5,6)7/h8-14,18H,1-7H3/t13-,14?/m1/s1. The van der Waals surface area contributed by atoms with E-state index in [1.54, 1.807) is 0 Å². The molecule has 0 saturated heterocycles. The van der Waals surface area contributed by atoms with Crippen LogP contribution in [-0.2, 0) is 5.41 Å². The zero-order chi connectivity index (χ0) is 13.9. The summed E-state index contributed by atoms with van der Waals surface area (Å²) in [6.07, 6.45) is 0. The van der Waals surface area contributed by atoms with Gasteiger partial charge >= 0.3 is 0 Å². The first kappa shape index (κ1) is 15.1. The molecule has 1 unspecified atom stereocenters. The highest BCUT2D eigenvalue weighted by molar-refractivity contribution is 5.54. The number of rotatable bonds is 4. The monoisotopic (exact) mass is 247 g/mol. The maximum atomic E-state index is 3.70. The Labute approximate surface area is 113 Å². The smallest absolute Gasteiger partial charge is 0.0380 e. The lowest BCUT2D eigenvalue weighted by atomic mass is 9.85. The van der Waals surface area contributed by atoms with E-state index in [4.69, 9.17) is 0 Å². The summed E-state index contributed by atoms with van der Waals surface area (Å²) < 4.78 is 0. The molecule has 0 spiro atoms. The molecular weight excluding hydrogens is 218 g/mol. The van der Waals surface area contributed by atoms with E-state index in [2.05, 4.69) is 78.0 Å². The van der Waals surface area contributed by atoms with Crippen LogP contribution in [0.15, 0.2) is 24.3 Å². The van der Waals surface area contributed by atoms with Crippen LogP contribution in [0.3, 0.4) is 0 Å². The van der Waals surface area contributed by atoms with Gasteiger partial charge in [-0.3, -0.25) is 0 Å². The average Bonchev–Trinajstić information content (AvgIpc) is 2.27. The normalized spacial score (nSPS) is 15.6. The molecule has 18 heavy (non-hydrogen) atoms. The third-order valence-corrected chi connectivity index (χ3v) is 3.96. The van der Waals surface area contributed by atoms with Gasteiger partial charge in [0.1, 0.15) is 0 Å². The molecule has 0 radical (unpaired) electrons. The lowest BCUT2D eigenvalue weighted by Crippen LogP contribution is -2.28. The van der Waals surface area contributed by atoms with Crippen LogP contribution < -0.4 is 5.32 Å². The van der Waals surface area contributed by atoms with Crippen LogP contribution in [-0.4, -0.2) is 6.04 Å². The summed E-state index contributed by atoms with van der Waals surface area (Å²) in [5, 5.41) is 3.70. The molecule has 102 valence electrons. The highest BCUT2D eigenvalue weighted by atomic mass is 14.9. The van der Waals surface area contributed by atoms with Gasteiger partial charge < -0.3 is 5.32 Å². The van der Waals surface area contributed by atoms with Gasteiger partial charge in [0.25, 0.3) is 0 Å². The van der Waals surface area contributed by atoms with Crippen LogP contribution in [0.5, 0.6) is 0 Å². The molecule has 1 aromatic carbocycles. The van der Waals surface area contributed by atoms with E-state index < -0.39 is 0 Å². The van der Waals surface area contributed by atoms with E-state index in [0.717, 1.165) is 0 Å². The highest BCUT2D eigenvalue weighted by Crippen LogP contribution is 2.30. The van der Waals surface area contributed by atoms with Crippen LogP contribution >= 0.6 is 0 Å². The summed E-state index contributed by atoms with van der Waals surface area (Å²) in [5.41, 5.74) is 2.86. The Morgan fingerprint density at radius 3 is 2.00 bits per heavy atom. The van der Waals surface area contributed by atoms with Gasteiger partial charge in [-0.2, -0.15) is 0 Å². The van der Waals surface area contributed by atoms with Crippen LogP contribution in [0.2, 0.25) is 0 Å². The molecule has 0 aliphatic rings. The van der Waals surface area contributed by atoms with Crippen LogP contribution in [0.4, 0.5) is 5.69 Å². The van der Waals surface area contributed by atoms with E-state index in [9.17, 15) is 0 Å². The predicted octanol–water partition coefficient (Wildman–Crippen LogP) is 5.08. The van der Waals surface area contributed by atoms with Crippen molar-refractivity contribution < 1.29 is 0 Å². The largest absolute Gasteiger partial charge is 0.382 e. The van der Waals surface area contributed by atoms with Crippen molar-refractivity contribution in [2.45, 2.75) is 59.9 Å². The summed E-state index contributed by atoms with van der Waals surface area (Å²) in [5.74, 6) is 1.37. The Balaban J connectivity index is 2.91. The molecule has 0 aromatic heterocycles. The molecular formula is C17H29N. The molecule has 0 aliphatic carbocycles. The molecule has 1 heteroatoms. The number of para-hydroxylation sites is 1. The van der Waals surface area contributed by atoms with Gasteiger partial charge in [0.15, 0.2) is 0 Å². The van der Waals surface area contributed by atoms with Crippen molar-refractivity contribution in [1.82, 2.24) is 0 Å². The number of benzene rings is 1. The van der Waals surface area contributed by atoms with E-state index in [1.807, 2.05) is 0 Å². The molecule has 1 N–H and O–H groups in total. The second kappa shape index (κ2) is 5.77. The van der Waals surface area contributed by atoms with Crippen molar-refractivity contribution >= 4 is 5.69 Å². The average molecular weight is 247 g/mol. The number of nitrogens with one attached hydrogen (secondary N) is 1. The van der Waals surface area contributed by atoms with Crippen molar-refractivity contribution in [3.8, 4) is 0 Å². The molecule has 1 nitrogen and oxygen atoms in total. The quantitative estimate of drug-likeness (QED) is 0.782. The predicted molar refractivity (Wildman–Crippen MR) is 82.2 cm³/mol. The number of hydrogen-bond donors (Lipinski definition) is 1. The summed E-state index contributed by atoms with van der Waals surface area (Å²) in [6.45, 7) is 16.0. The van der Waals surface area contributed by atoms with Crippen LogP contribution in [0.1, 0.15) is 54.0 Å². The Kier molecular flexibility index (Phi) is 4.84. The fourth-order valence-corrected chi connectivity index (χ4v) is 2.22. The highest BCUT2D eigenvalue weighted by Gasteiger charge is 2.20. The molecule has 1 rings (SSSR count). The van der Waals surface area contributed by atoms with Gasteiger partial charge in [-0.1, -0.05) is 59.7 Å². The van der Waals surface area contributed by atoms with Crippen molar-refractivity contribution in [2.75, 3.05) is 5.32 Å². The van der Waals surface area contributed by atoms with Gasteiger partial charge in [-0.15, -0.1) is 0 Å². The molecule has 2 atom stereocenters. The molecule has 0 fully saturated rings. The fourth-order valence-electron chi connectivity index (χ4n) is 2.22. The Hall–Kier alpha value is -0.980. The molecule has 0 bridgehead atoms. The minimum Gasteiger partial charge on any atom is -0.382 e. The molecule has 1 aromatic rings. The zero-order valence-corrected chi connectivity index (χ0v) is 13.0. The van der Waals surface area contributed by atoms with E-state index >= 15 is 0 Å². The third-order valence-electron chi connectivity index (χ3n) is 3.96. The first-order valence-electron chi connectivity index (χ1n) is 7.09. The second-order valence-electron chi connectivity index (χ2n) is 6.83. The van der Waals surface area contributed by atoms with Gasteiger partial charge in [0.05, 0.1) is 0 Å². The minimum absolute atomic E-state index is 0.185. The van der Waals surface area contributed by atoms with Gasteiger partial charge in [0.2, 0.25) is 0 Å². The van der Waals surface area contributed by atoms with Gasteiger partial charge in [-0.05, 0) is 35.8 Å². The summed E-state index contributed by atoms with van der Waals surface area (Å²) in [4.78, 5) is 0. The Morgan fingerprint density at radius 1 is 0.944 bits per heavy atom. The first-order valence-corrected chi connectivity index (χ1v) is 7.09. The first-order chi connectivity index (χ1) is 8.23. The molecule has 0 heterocycles. The zero-order valence-electron chi connectivity index (χ0n) is 13.0. The van der Waals surface area contributed by atoms with E-state index in [1.165, 1.54) is 11.3 Å². The maximum Gasteiger partial charge on any atom is 0.0380 e. The molecule has 0 aliphatic heterocycles. The van der Waals surface area contributed by atoms with Crippen LogP contribution in [0, 0.1) is 11.8 Å². The lowest BCUT2D eigenvalue weighted by molar-refractivity contribution is 0.378. The number of anilines is 1. The van der Waals surface area contributed by atoms with E-state index in [-0.39, 0.29) is 5.41 Å². The lowest BCUT2D eigenvalue weighted by Gasteiger charge is -2.29. The fraction of sp³-hybridized carbons (Fsp3) is 0.647. The molecule has 0 saturated carbocycles. The minimum atomic E-state index is 0.185.